The predicted molar refractivity (Wildman–Crippen MR) is 131 cm³/mol. The molecule has 8 heteroatoms. The van der Waals surface area contributed by atoms with Crippen LogP contribution in [0.4, 0.5) is 11.4 Å². The van der Waals surface area contributed by atoms with Gasteiger partial charge in [-0.25, -0.2) is 8.42 Å². The van der Waals surface area contributed by atoms with Crippen LogP contribution in [0.15, 0.2) is 83.8 Å². The number of nitrogens with one attached hydrogen (secondary N) is 1. The molecule has 0 saturated carbocycles. The van der Waals surface area contributed by atoms with Crippen LogP contribution in [-0.4, -0.2) is 32.4 Å². The van der Waals surface area contributed by atoms with Crippen LogP contribution in [0.3, 0.4) is 0 Å². The summed E-state index contributed by atoms with van der Waals surface area (Å²) >= 11 is 1.61. The van der Waals surface area contributed by atoms with Crippen LogP contribution in [0, 0.1) is 0 Å². The Morgan fingerprint density at radius 3 is 2.19 bits per heavy atom. The molecular formula is C24H26N2O4S2. The zero-order valence-corrected chi connectivity index (χ0v) is 19.8. The third-order valence-corrected chi connectivity index (χ3v) is 6.80. The maximum atomic E-state index is 13.0. The molecular weight excluding hydrogens is 444 g/mol. The van der Waals surface area contributed by atoms with Gasteiger partial charge in [0.25, 0.3) is 0 Å². The number of carbonyl (C=O) groups excluding carboxylic acids is 1. The van der Waals surface area contributed by atoms with Crippen molar-refractivity contribution in [2.24, 2.45) is 0 Å². The fraction of sp³-hybridized carbons (Fsp3) is 0.208. The van der Waals surface area contributed by atoms with Gasteiger partial charge < -0.3 is 10.1 Å². The van der Waals surface area contributed by atoms with Gasteiger partial charge in [0.05, 0.1) is 17.6 Å². The highest BCUT2D eigenvalue weighted by molar-refractivity contribution is 7.99. The standard InChI is InChI=1S/C24H26N2O4S2/c1-4-31-23-13-9-8-12-22(23)25-24(27)18(2)26(32(3,28)29)19-14-16-21(17-15-19)30-20-10-6-5-7-11-20/h5-18H,4H2,1-3H3,(H,25,27)/t18-/m1/s1. The number of para-hydroxylation sites is 2. The SMILES string of the molecule is CCSc1ccccc1NC(=O)[C@@H](C)N(c1ccc(Oc2ccccc2)cc1)S(C)(=O)=O. The summed E-state index contributed by atoms with van der Waals surface area (Å²) in [6.07, 6.45) is 1.09. The Kier molecular flexibility index (Phi) is 7.82. The fourth-order valence-electron chi connectivity index (χ4n) is 3.18. The van der Waals surface area contributed by atoms with E-state index in [0.29, 0.717) is 22.9 Å². The molecule has 3 aromatic rings. The summed E-state index contributed by atoms with van der Waals surface area (Å²) in [5, 5.41) is 2.87. The first-order valence-electron chi connectivity index (χ1n) is 10.1. The smallest absolute Gasteiger partial charge is 0.248 e. The number of ether oxygens (including phenoxy) is 1. The lowest BCUT2D eigenvalue weighted by molar-refractivity contribution is -0.116. The van der Waals surface area contributed by atoms with Crippen LogP contribution in [-0.2, 0) is 14.8 Å². The number of carbonyl (C=O) groups is 1. The first-order chi connectivity index (χ1) is 15.3. The predicted octanol–water partition coefficient (Wildman–Crippen LogP) is 5.38. The zero-order valence-electron chi connectivity index (χ0n) is 18.2. The quantitative estimate of drug-likeness (QED) is 0.425. The summed E-state index contributed by atoms with van der Waals surface area (Å²) in [5.41, 5.74) is 1.04. The maximum Gasteiger partial charge on any atom is 0.248 e. The lowest BCUT2D eigenvalue weighted by atomic mass is 10.2. The molecule has 3 aromatic carbocycles. The molecule has 0 aliphatic carbocycles. The van der Waals surface area contributed by atoms with Crippen LogP contribution in [0.25, 0.3) is 0 Å². The van der Waals surface area contributed by atoms with Gasteiger partial charge >= 0.3 is 0 Å². The molecule has 3 rings (SSSR count). The maximum absolute atomic E-state index is 13.0. The van der Waals surface area contributed by atoms with Gasteiger partial charge in [0.15, 0.2) is 0 Å². The van der Waals surface area contributed by atoms with Gasteiger partial charge in [-0.15, -0.1) is 11.8 Å². The first kappa shape index (κ1) is 23.7. The molecule has 0 aliphatic heterocycles. The van der Waals surface area contributed by atoms with Crippen LogP contribution in [0.1, 0.15) is 13.8 Å². The highest BCUT2D eigenvalue weighted by Gasteiger charge is 2.29. The average Bonchev–Trinajstić information content (AvgIpc) is 2.76. The molecule has 0 bridgehead atoms. The minimum Gasteiger partial charge on any atom is -0.457 e. The molecule has 0 radical (unpaired) electrons. The van der Waals surface area contributed by atoms with E-state index in [9.17, 15) is 13.2 Å². The summed E-state index contributed by atoms with van der Waals surface area (Å²) in [4.78, 5) is 13.9. The van der Waals surface area contributed by atoms with Crippen LogP contribution < -0.4 is 14.4 Å². The Labute approximate surface area is 193 Å². The summed E-state index contributed by atoms with van der Waals surface area (Å²) < 4.78 is 32.1. The van der Waals surface area contributed by atoms with Crippen LogP contribution >= 0.6 is 11.8 Å². The minimum absolute atomic E-state index is 0.381. The molecule has 0 unspecified atom stereocenters. The molecule has 0 aliphatic rings. The molecule has 0 heterocycles. The lowest BCUT2D eigenvalue weighted by Gasteiger charge is -2.28. The summed E-state index contributed by atoms with van der Waals surface area (Å²) in [5.74, 6) is 1.69. The number of nitrogens with zero attached hydrogens (tertiary/aromatic N) is 1. The third-order valence-electron chi connectivity index (χ3n) is 4.60. The van der Waals surface area contributed by atoms with Crippen molar-refractivity contribution in [3.63, 3.8) is 0 Å². The van der Waals surface area contributed by atoms with Gasteiger partial charge in [0.2, 0.25) is 15.9 Å². The fourth-order valence-corrected chi connectivity index (χ4v) is 5.12. The normalized spacial score (nSPS) is 12.1. The highest BCUT2D eigenvalue weighted by Crippen LogP contribution is 2.29. The van der Waals surface area contributed by atoms with Crippen molar-refractivity contribution in [1.82, 2.24) is 0 Å². The Balaban J connectivity index is 1.81. The monoisotopic (exact) mass is 470 g/mol. The van der Waals surface area contributed by atoms with Gasteiger partial charge in [-0.2, -0.15) is 0 Å². The largest absolute Gasteiger partial charge is 0.457 e. The van der Waals surface area contributed by atoms with Crippen molar-refractivity contribution in [1.29, 1.82) is 0 Å². The zero-order chi connectivity index (χ0) is 23.1. The molecule has 0 fully saturated rings. The summed E-state index contributed by atoms with van der Waals surface area (Å²) in [7, 11) is -3.72. The topological polar surface area (TPSA) is 75.7 Å². The molecule has 0 aromatic heterocycles. The highest BCUT2D eigenvalue weighted by atomic mass is 32.2. The van der Waals surface area contributed by atoms with E-state index in [-0.39, 0.29) is 0 Å². The van der Waals surface area contributed by atoms with Gasteiger partial charge in [0.1, 0.15) is 17.5 Å². The molecule has 0 saturated heterocycles. The molecule has 168 valence electrons. The van der Waals surface area contributed by atoms with Crippen molar-refractivity contribution in [2.75, 3.05) is 21.6 Å². The summed E-state index contributed by atoms with van der Waals surface area (Å²) in [6.45, 7) is 3.60. The van der Waals surface area contributed by atoms with Crippen molar-refractivity contribution in [3.05, 3.63) is 78.9 Å². The number of hydrogen-bond donors (Lipinski definition) is 1. The molecule has 6 nitrogen and oxygen atoms in total. The van der Waals surface area contributed by atoms with Gasteiger partial charge in [0, 0.05) is 4.90 Å². The Morgan fingerprint density at radius 2 is 1.56 bits per heavy atom. The molecule has 1 N–H and O–H groups in total. The van der Waals surface area contributed by atoms with E-state index in [0.717, 1.165) is 21.2 Å². The Bertz CT molecular complexity index is 1150. The van der Waals surface area contributed by atoms with E-state index < -0.39 is 22.0 Å². The number of rotatable bonds is 9. The van der Waals surface area contributed by atoms with E-state index >= 15 is 0 Å². The second-order valence-corrected chi connectivity index (χ2v) is 10.2. The molecule has 1 atom stereocenters. The molecule has 0 spiro atoms. The Hall–Kier alpha value is -2.97. The number of hydrogen-bond acceptors (Lipinski definition) is 5. The van der Waals surface area contributed by atoms with Crippen molar-refractivity contribution >= 4 is 39.1 Å². The van der Waals surface area contributed by atoms with Gasteiger partial charge in [-0.3, -0.25) is 9.10 Å². The van der Waals surface area contributed by atoms with E-state index in [1.54, 1.807) is 43.0 Å². The second-order valence-electron chi connectivity index (χ2n) is 7.06. The number of thioether (sulfide) groups is 1. The molecule has 1 amide bonds. The van der Waals surface area contributed by atoms with Crippen molar-refractivity contribution in [3.8, 4) is 11.5 Å². The minimum atomic E-state index is -3.72. The van der Waals surface area contributed by atoms with E-state index in [1.807, 2.05) is 61.5 Å². The molecule has 32 heavy (non-hydrogen) atoms. The van der Waals surface area contributed by atoms with Crippen molar-refractivity contribution in [2.45, 2.75) is 24.8 Å². The first-order valence-corrected chi connectivity index (χ1v) is 13.0. The van der Waals surface area contributed by atoms with Gasteiger partial charge in [-0.1, -0.05) is 37.3 Å². The second kappa shape index (κ2) is 10.6. The van der Waals surface area contributed by atoms with Crippen LogP contribution in [0.2, 0.25) is 0 Å². The number of amides is 1. The number of anilines is 2. The van der Waals surface area contributed by atoms with E-state index in [1.165, 1.54) is 0 Å². The third kappa shape index (κ3) is 6.05. The van der Waals surface area contributed by atoms with Crippen molar-refractivity contribution < 1.29 is 17.9 Å². The summed E-state index contributed by atoms with van der Waals surface area (Å²) in [6, 6.07) is 22.4. The van der Waals surface area contributed by atoms with Gasteiger partial charge in [-0.05, 0) is 61.2 Å². The average molecular weight is 471 g/mol. The van der Waals surface area contributed by atoms with Crippen LogP contribution in [0.5, 0.6) is 11.5 Å². The number of benzene rings is 3. The Morgan fingerprint density at radius 1 is 0.969 bits per heavy atom. The number of sulfonamides is 1. The lowest BCUT2D eigenvalue weighted by Crippen LogP contribution is -2.45. The van der Waals surface area contributed by atoms with E-state index in [2.05, 4.69) is 5.32 Å². The van der Waals surface area contributed by atoms with E-state index in [4.69, 9.17) is 4.74 Å².